The number of hydrogen-bond donors (Lipinski definition) is 2. The molecule has 0 aromatic heterocycles. The molecule has 0 aromatic carbocycles. The average molecular weight is 253 g/mol. The van der Waals surface area contributed by atoms with Crippen molar-refractivity contribution in [1.29, 1.82) is 0 Å². The Morgan fingerprint density at radius 1 is 1.47 bits per heavy atom. The lowest BCUT2D eigenvalue weighted by atomic mass is 10.0. The molecule has 0 saturated carbocycles. The van der Waals surface area contributed by atoms with Crippen LogP contribution in [-0.4, -0.2) is 29.5 Å². The summed E-state index contributed by atoms with van der Waals surface area (Å²) < 4.78 is 0. The Morgan fingerprint density at radius 3 is 2.47 bits per heavy atom. The van der Waals surface area contributed by atoms with E-state index >= 15 is 0 Å². The zero-order valence-electron chi connectivity index (χ0n) is 9.41. The Balaban J connectivity index is 0.00000196. The number of carbonyl (C=O) groups is 1. The number of rotatable bonds is 3. The van der Waals surface area contributed by atoms with E-state index in [1.807, 2.05) is 11.8 Å². The maximum atomic E-state index is 11.5. The smallest absolute Gasteiger partial charge is 0.239 e. The number of nitrogens with two attached hydrogens (primary N) is 1. The first kappa shape index (κ1) is 15.1. The Morgan fingerprint density at radius 2 is 2.00 bits per heavy atom. The van der Waals surface area contributed by atoms with Crippen LogP contribution in [0, 0.1) is 5.92 Å². The third-order valence-electron chi connectivity index (χ3n) is 2.48. The number of carbonyl (C=O) groups excluding carboxylic acids is 1. The van der Waals surface area contributed by atoms with Crippen LogP contribution in [0.2, 0.25) is 0 Å². The number of amides is 1. The van der Waals surface area contributed by atoms with Gasteiger partial charge in [0.05, 0.1) is 5.54 Å². The summed E-state index contributed by atoms with van der Waals surface area (Å²) in [6, 6.07) is 0. The van der Waals surface area contributed by atoms with E-state index in [9.17, 15) is 4.79 Å². The Kier molecular flexibility index (Phi) is 6.64. The van der Waals surface area contributed by atoms with Crippen LogP contribution in [0.15, 0.2) is 0 Å². The number of nitrogens with one attached hydrogen (secondary N) is 1. The summed E-state index contributed by atoms with van der Waals surface area (Å²) in [6.45, 7) is 4.26. The molecular formula is C10H21ClN2OS. The topological polar surface area (TPSA) is 55.1 Å². The van der Waals surface area contributed by atoms with Crippen LogP contribution in [0.1, 0.15) is 26.7 Å². The molecule has 0 atom stereocenters. The van der Waals surface area contributed by atoms with E-state index in [-0.39, 0.29) is 18.3 Å². The lowest BCUT2D eigenvalue weighted by Gasteiger charge is -2.24. The predicted molar refractivity (Wildman–Crippen MR) is 68.6 cm³/mol. The minimum absolute atomic E-state index is 0. The molecule has 0 aliphatic carbocycles. The number of halogens is 1. The molecule has 3 N–H and O–H groups in total. The molecule has 5 heteroatoms. The van der Waals surface area contributed by atoms with Gasteiger partial charge in [-0.3, -0.25) is 4.79 Å². The molecule has 1 saturated heterocycles. The van der Waals surface area contributed by atoms with Crippen LogP contribution in [-0.2, 0) is 4.79 Å². The van der Waals surface area contributed by atoms with Gasteiger partial charge in [0.25, 0.3) is 0 Å². The lowest BCUT2D eigenvalue weighted by molar-refractivity contribution is -0.125. The highest BCUT2D eigenvalue weighted by Crippen LogP contribution is 2.21. The highest BCUT2D eigenvalue weighted by molar-refractivity contribution is 7.99. The Hall–Kier alpha value is 0.0700. The molecule has 0 bridgehead atoms. The first-order valence-electron chi connectivity index (χ1n) is 5.15. The Labute approximate surface area is 102 Å². The molecule has 1 amide bonds. The van der Waals surface area contributed by atoms with Crippen molar-refractivity contribution < 1.29 is 4.79 Å². The number of hydrogen-bond acceptors (Lipinski definition) is 3. The quantitative estimate of drug-likeness (QED) is 0.799. The van der Waals surface area contributed by atoms with Gasteiger partial charge in [-0.2, -0.15) is 11.8 Å². The molecule has 15 heavy (non-hydrogen) atoms. The van der Waals surface area contributed by atoms with Crippen molar-refractivity contribution in [3.8, 4) is 0 Å². The fourth-order valence-corrected chi connectivity index (χ4v) is 2.62. The molecule has 1 aliphatic heterocycles. The van der Waals surface area contributed by atoms with Crippen LogP contribution in [0.3, 0.4) is 0 Å². The third-order valence-corrected chi connectivity index (χ3v) is 3.53. The van der Waals surface area contributed by atoms with Gasteiger partial charge in [0.2, 0.25) is 5.91 Å². The van der Waals surface area contributed by atoms with Crippen molar-refractivity contribution in [2.75, 3.05) is 18.1 Å². The SMILES string of the molecule is CC(C)(N)C(=O)NCC1CCSCC1.Cl. The van der Waals surface area contributed by atoms with Crippen molar-refractivity contribution in [1.82, 2.24) is 5.32 Å². The van der Waals surface area contributed by atoms with Crippen molar-refractivity contribution in [2.45, 2.75) is 32.2 Å². The highest BCUT2D eigenvalue weighted by Gasteiger charge is 2.22. The van der Waals surface area contributed by atoms with E-state index in [4.69, 9.17) is 5.73 Å². The van der Waals surface area contributed by atoms with E-state index in [2.05, 4.69) is 5.32 Å². The van der Waals surface area contributed by atoms with Crippen LogP contribution < -0.4 is 11.1 Å². The van der Waals surface area contributed by atoms with Crippen LogP contribution in [0.5, 0.6) is 0 Å². The lowest BCUT2D eigenvalue weighted by Crippen LogP contribution is -2.50. The average Bonchev–Trinajstić information content (AvgIpc) is 2.14. The summed E-state index contributed by atoms with van der Waals surface area (Å²) in [4.78, 5) is 11.5. The molecule has 3 nitrogen and oxygen atoms in total. The first-order chi connectivity index (χ1) is 6.50. The fraction of sp³-hybridized carbons (Fsp3) is 0.900. The second kappa shape index (κ2) is 6.61. The molecule has 0 aromatic rings. The largest absolute Gasteiger partial charge is 0.354 e. The standard InChI is InChI=1S/C10H20N2OS.ClH/c1-10(2,11)9(13)12-7-8-3-5-14-6-4-8;/h8H,3-7,11H2,1-2H3,(H,12,13);1H. The number of thioether (sulfide) groups is 1. The van der Waals surface area contributed by atoms with Gasteiger partial charge in [-0.1, -0.05) is 0 Å². The first-order valence-corrected chi connectivity index (χ1v) is 6.30. The molecule has 1 heterocycles. The third kappa shape index (κ3) is 5.64. The fourth-order valence-electron chi connectivity index (χ4n) is 1.42. The van der Waals surface area contributed by atoms with Gasteiger partial charge in [0.15, 0.2) is 0 Å². The summed E-state index contributed by atoms with van der Waals surface area (Å²) >= 11 is 2.00. The van der Waals surface area contributed by atoms with Gasteiger partial charge in [-0.25, -0.2) is 0 Å². The Bertz CT molecular complexity index is 200. The summed E-state index contributed by atoms with van der Waals surface area (Å²) in [7, 11) is 0. The van der Waals surface area contributed by atoms with E-state index in [1.165, 1.54) is 24.3 Å². The van der Waals surface area contributed by atoms with E-state index < -0.39 is 5.54 Å². The second-order valence-electron chi connectivity index (χ2n) is 4.49. The molecule has 90 valence electrons. The van der Waals surface area contributed by atoms with Crippen molar-refractivity contribution >= 4 is 30.1 Å². The van der Waals surface area contributed by atoms with Crippen molar-refractivity contribution in [2.24, 2.45) is 11.7 Å². The zero-order chi connectivity index (χ0) is 10.6. The van der Waals surface area contributed by atoms with Crippen LogP contribution >= 0.6 is 24.2 Å². The van der Waals surface area contributed by atoms with Crippen molar-refractivity contribution in [3.63, 3.8) is 0 Å². The highest BCUT2D eigenvalue weighted by atomic mass is 35.5. The minimum atomic E-state index is -0.747. The molecule has 0 spiro atoms. The molecule has 1 aliphatic rings. The van der Waals surface area contributed by atoms with Gasteiger partial charge in [-0.15, -0.1) is 12.4 Å². The molecule has 0 unspecified atom stereocenters. The molecule has 1 fully saturated rings. The molecule has 1 rings (SSSR count). The molecule has 0 radical (unpaired) electrons. The van der Waals surface area contributed by atoms with E-state index in [0.29, 0.717) is 5.92 Å². The van der Waals surface area contributed by atoms with Crippen LogP contribution in [0.4, 0.5) is 0 Å². The van der Waals surface area contributed by atoms with Gasteiger partial charge < -0.3 is 11.1 Å². The summed E-state index contributed by atoms with van der Waals surface area (Å²) in [6.07, 6.45) is 2.44. The van der Waals surface area contributed by atoms with E-state index in [0.717, 1.165) is 6.54 Å². The summed E-state index contributed by atoms with van der Waals surface area (Å²) in [5, 5.41) is 2.92. The van der Waals surface area contributed by atoms with Crippen LogP contribution in [0.25, 0.3) is 0 Å². The summed E-state index contributed by atoms with van der Waals surface area (Å²) in [5.74, 6) is 3.07. The summed E-state index contributed by atoms with van der Waals surface area (Å²) in [5.41, 5.74) is 4.93. The van der Waals surface area contributed by atoms with Gasteiger partial charge >= 0.3 is 0 Å². The minimum Gasteiger partial charge on any atom is -0.354 e. The van der Waals surface area contributed by atoms with Gasteiger partial charge in [0.1, 0.15) is 0 Å². The predicted octanol–water partition coefficient (Wildman–Crippen LogP) is 1.40. The van der Waals surface area contributed by atoms with Gasteiger partial charge in [0, 0.05) is 6.54 Å². The zero-order valence-corrected chi connectivity index (χ0v) is 11.0. The monoisotopic (exact) mass is 252 g/mol. The molecular weight excluding hydrogens is 232 g/mol. The van der Waals surface area contributed by atoms with E-state index in [1.54, 1.807) is 13.8 Å². The van der Waals surface area contributed by atoms with Crippen molar-refractivity contribution in [3.05, 3.63) is 0 Å². The maximum absolute atomic E-state index is 11.5. The van der Waals surface area contributed by atoms with Gasteiger partial charge in [-0.05, 0) is 44.1 Å². The second-order valence-corrected chi connectivity index (χ2v) is 5.71. The normalized spacial score (nSPS) is 18.1. The maximum Gasteiger partial charge on any atom is 0.239 e.